The third kappa shape index (κ3) is 2.76. The van der Waals surface area contributed by atoms with Gasteiger partial charge in [0.15, 0.2) is 0 Å². The van der Waals surface area contributed by atoms with Crippen LogP contribution in [0.2, 0.25) is 0 Å². The molecule has 1 aliphatic heterocycles. The number of hydrogen-bond donors (Lipinski definition) is 1. The van der Waals surface area contributed by atoms with Crippen LogP contribution in [0.1, 0.15) is 39.5 Å². The van der Waals surface area contributed by atoms with Crippen molar-refractivity contribution in [1.82, 2.24) is 5.32 Å². The van der Waals surface area contributed by atoms with Gasteiger partial charge in [0.2, 0.25) is 0 Å². The summed E-state index contributed by atoms with van der Waals surface area (Å²) in [4.78, 5) is 0. The third-order valence-corrected chi connectivity index (χ3v) is 2.51. The molecule has 0 saturated carbocycles. The van der Waals surface area contributed by atoms with E-state index in [1.807, 2.05) is 0 Å². The molecule has 72 valence electrons. The van der Waals surface area contributed by atoms with Gasteiger partial charge < -0.3 is 10.1 Å². The highest BCUT2D eigenvalue weighted by Crippen LogP contribution is 2.17. The molecule has 0 bridgehead atoms. The standard InChI is InChI=1S/C10H21NO/c1-3-7-11-9(4-2)10-6-5-8-12-10/h9-11H,3-8H2,1-2H3. The van der Waals surface area contributed by atoms with Crippen LogP contribution in [0, 0.1) is 0 Å². The summed E-state index contributed by atoms with van der Waals surface area (Å²) in [5.74, 6) is 0. The summed E-state index contributed by atoms with van der Waals surface area (Å²) in [6, 6.07) is 0.590. The van der Waals surface area contributed by atoms with E-state index in [-0.39, 0.29) is 0 Å². The number of ether oxygens (including phenoxy) is 1. The van der Waals surface area contributed by atoms with E-state index in [0.29, 0.717) is 12.1 Å². The molecular weight excluding hydrogens is 150 g/mol. The zero-order valence-electron chi connectivity index (χ0n) is 8.31. The van der Waals surface area contributed by atoms with Gasteiger partial charge in [-0.05, 0) is 32.2 Å². The summed E-state index contributed by atoms with van der Waals surface area (Å²) in [6.07, 6.45) is 5.37. The molecule has 2 heteroatoms. The lowest BCUT2D eigenvalue weighted by Crippen LogP contribution is -2.39. The fourth-order valence-corrected chi connectivity index (χ4v) is 1.79. The molecule has 0 aliphatic carbocycles. The zero-order chi connectivity index (χ0) is 8.81. The van der Waals surface area contributed by atoms with E-state index in [9.17, 15) is 0 Å². The molecule has 0 radical (unpaired) electrons. The molecule has 1 aliphatic rings. The molecule has 2 nitrogen and oxygen atoms in total. The highest BCUT2D eigenvalue weighted by molar-refractivity contribution is 4.78. The summed E-state index contributed by atoms with van der Waals surface area (Å²) in [5.41, 5.74) is 0. The average Bonchev–Trinajstić information content (AvgIpc) is 2.59. The van der Waals surface area contributed by atoms with Crippen molar-refractivity contribution in [3.8, 4) is 0 Å². The first-order chi connectivity index (χ1) is 5.88. The highest BCUT2D eigenvalue weighted by atomic mass is 16.5. The number of nitrogens with one attached hydrogen (secondary N) is 1. The Morgan fingerprint density at radius 1 is 1.50 bits per heavy atom. The predicted molar refractivity (Wildman–Crippen MR) is 51.3 cm³/mol. The molecule has 1 N–H and O–H groups in total. The van der Waals surface area contributed by atoms with Gasteiger partial charge in [-0.25, -0.2) is 0 Å². The van der Waals surface area contributed by atoms with Crippen molar-refractivity contribution in [2.24, 2.45) is 0 Å². The van der Waals surface area contributed by atoms with Crippen molar-refractivity contribution in [2.75, 3.05) is 13.2 Å². The van der Waals surface area contributed by atoms with Gasteiger partial charge in [0.05, 0.1) is 6.10 Å². The second kappa shape index (κ2) is 5.55. The number of rotatable bonds is 5. The summed E-state index contributed by atoms with van der Waals surface area (Å²) in [7, 11) is 0. The maximum Gasteiger partial charge on any atom is 0.0728 e. The lowest BCUT2D eigenvalue weighted by Gasteiger charge is -2.22. The lowest BCUT2D eigenvalue weighted by atomic mass is 10.1. The second-order valence-electron chi connectivity index (χ2n) is 3.52. The summed E-state index contributed by atoms with van der Waals surface area (Å²) < 4.78 is 5.64. The van der Waals surface area contributed by atoms with Gasteiger partial charge in [-0.3, -0.25) is 0 Å². The smallest absolute Gasteiger partial charge is 0.0728 e. The Kier molecular flexibility index (Phi) is 4.62. The lowest BCUT2D eigenvalue weighted by molar-refractivity contribution is 0.0772. The third-order valence-electron chi connectivity index (χ3n) is 2.51. The first-order valence-electron chi connectivity index (χ1n) is 5.23. The molecule has 0 spiro atoms. The van der Waals surface area contributed by atoms with Crippen LogP contribution in [-0.2, 0) is 4.74 Å². The Morgan fingerprint density at radius 3 is 2.83 bits per heavy atom. The van der Waals surface area contributed by atoms with E-state index < -0.39 is 0 Å². The van der Waals surface area contributed by atoms with Crippen molar-refractivity contribution >= 4 is 0 Å². The Labute approximate surface area is 75.7 Å². The fraction of sp³-hybridized carbons (Fsp3) is 1.00. The maximum atomic E-state index is 5.64. The Hall–Kier alpha value is -0.0800. The Morgan fingerprint density at radius 2 is 2.33 bits per heavy atom. The van der Waals surface area contributed by atoms with Crippen LogP contribution in [0.25, 0.3) is 0 Å². The average molecular weight is 171 g/mol. The van der Waals surface area contributed by atoms with E-state index in [1.54, 1.807) is 0 Å². The highest BCUT2D eigenvalue weighted by Gasteiger charge is 2.23. The van der Waals surface area contributed by atoms with Crippen LogP contribution in [0.4, 0.5) is 0 Å². The van der Waals surface area contributed by atoms with Crippen LogP contribution in [-0.4, -0.2) is 25.3 Å². The molecule has 0 aromatic rings. The van der Waals surface area contributed by atoms with Gasteiger partial charge in [-0.15, -0.1) is 0 Å². The van der Waals surface area contributed by atoms with Crippen LogP contribution in [0.3, 0.4) is 0 Å². The minimum Gasteiger partial charge on any atom is -0.377 e. The van der Waals surface area contributed by atoms with E-state index in [4.69, 9.17) is 4.74 Å². The summed E-state index contributed by atoms with van der Waals surface area (Å²) in [6.45, 7) is 6.53. The molecule has 1 fully saturated rings. The topological polar surface area (TPSA) is 21.3 Å². The largest absolute Gasteiger partial charge is 0.377 e. The first kappa shape index (κ1) is 10.0. The first-order valence-corrected chi connectivity index (χ1v) is 5.23. The van der Waals surface area contributed by atoms with E-state index in [1.165, 1.54) is 25.7 Å². The quantitative estimate of drug-likeness (QED) is 0.682. The number of hydrogen-bond acceptors (Lipinski definition) is 2. The van der Waals surface area contributed by atoms with E-state index in [0.717, 1.165) is 13.2 Å². The Balaban J connectivity index is 2.22. The van der Waals surface area contributed by atoms with Gasteiger partial charge in [-0.2, -0.15) is 0 Å². The molecule has 2 unspecified atom stereocenters. The summed E-state index contributed by atoms with van der Waals surface area (Å²) in [5, 5.41) is 3.54. The maximum absolute atomic E-state index is 5.64. The molecular formula is C10H21NO. The van der Waals surface area contributed by atoms with Crippen LogP contribution < -0.4 is 5.32 Å². The summed E-state index contributed by atoms with van der Waals surface area (Å²) >= 11 is 0. The fourth-order valence-electron chi connectivity index (χ4n) is 1.79. The van der Waals surface area contributed by atoms with Crippen molar-refractivity contribution in [3.63, 3.8) is 0 Å². The Bertz CT molecular complexity index is 110. The van der Waals surface area contributed by atoms with Gasteiger partial charge in [0.25, 0.3) is 0 Å². The molecule has 0 aromatic carbocycles. The van der Waals surface area contributed by atoms with Crippen LogP contribution in [0.15, 0.2) is 0 Å². The second-order valence-corrected chi connectivity index (χ2v) is 3.52. The van der Waals surface area contributed by atoms with Gasteiger partial charge >= 0.3 is 0 Å². The van der Waals surface area contributed by atoms with Gasteiger partial charge in [0.1, 0.15) is 0 Å². The van der Waals surface area contributed by atoms with Crippen molar-refractivity contribution in [1.29, 1.82) is 0 Å². The SMILES string of the molecule is CCCNC(CC)C1CCCO1. The molecule has 0 aromatic heterocycles. The predicted octanol–water partition coefficient (Wildman–Crippen LogP) is 1.94. The zero-order valence-corrected chi connectivity index (χ0v) is 8.31. The molecule has 1 heterocycles. The van der Waals surface area contributed by atoms with Gasteiger partial charge in [-0.1, -0.05) is 13.8 Å². The van der Waals surface area contributed by atoms with Crippen molar-refractivity contribution in [3.05, 3.63) is 0 Å². The molecule has 1 saturated heterocycles. The monoisotopic (exact) mass is 171 g/mol. The van der Waals surface area contributed by atoms with E-state index >= 15 is 0 Å². The minimum absolute atomic E-state index is 0.488. The van der Waals surface area contributed by atoms with Crippen molar-refractivity contribution < 1.29 is 4.74 Å². The normalized spacial score (nSPS) is 26.0. The molecule has 2 atom stereocenters. The molecule has 1 rings (SSSR count). The van der Waals surface area contributed by atoms with Crippen LogP contribution >= 0.6 is 0 Å². The molecule has 12 heavy (non-hydrogen) atoms. The van der Waals surface area contributed by atoms with E-state index in [2.05, 4.69) is 19.2 Å². The van der Waals surface area contributed by atoms with Crippen molar-refractivity contribution in [2.45, 2.75) is 51.7 Å². The minimum atomic E-state index is 0.488. The van der Waals surface area contributed by atoms with Gasteiger partial charge in [0, 0.05) is 12.6 Å². The molecule has 0 amide bonds. The van der Waals surface area contributed by atoms with Crippen LogP contribution in [0.5, 0.6) is 0 Å².